The number of hydrogen-bond donors (Lipinski definition) is 1. The van der Waals surface area contributed by atoms with Gasteiger partial charge in [0.1, 0.15) is 16.3 Å². The zero-order valence-corrected chi connectivity index (χ0v) is 16.8. The van der Waals surface area contributed by atoms with Crippen molar-refractivity contribution in [3.05, 3.63) is 64.3 Å². The number of aldehydes is 1. The van der Waals surface area contributed by atoms with Crippen LogP contribution in [0, 0.1) is 5.92 Å². The smallest absolute Gasteiger partial charge is 0.331 e. The number of aromatic nitrogens is 1. The molecule has 1 aromatic carbocycles. The molecule has 144 valence electrons. The van der Waals surface area contributed by atoms with Crippen LogP contribution < -0.4 is 15.0 Å². The molecule has 0 bridgehead atoms. The zero-order chi connectivity index (χ0) is 20.1. The van der Waals surface area contributed by atoms with Crippen LogP contribution in [0.1, 0.15) is 16.6 Å². The van der Waals surface area contributed by atoms with E-state index in [0.717, 1.165) is 17.4 Å². The van der Waals surface area contributed by atoms with Crippen molar-refractivity contribution in [1.29, 1.82) is 0 Å². The van der Waals surface area contributed by atoms with E-state index in [4.69, 9.17) is 16.3 Å². The minimum atomic E-state index is -0.390. The molecule has 3 heterocycles. The van der Waals surface area contributed by atoms with Crippen molar-refractivity contribution in [2.75, 3.05) is 10.2 Å². The quantitative estimate of drug-likeness (QED) is 0.529. The van der Waals surface area contributed by atoms with Crippen LogP contribution in [0.4, 0.5) is 21.9 Å². The van der Waals surface area contributed by atoms with Gasteiger partial charge in [-0.15, -0.1) is 11.3 Å². The number of carbonyl (C=O) groups excluding carboxylic acids is 2. The van der Waals surface area contributed by atoms with E-state index in [1.807, 2.05) is 25.2 Å². The van der Waals surface area contributed by atoms with E-state index in [1.54, 1.807) is 30.5 Å². The van der Waals surface area contributed by atoms with Crippen molar-refractivity contribution in [2.24, 2.45) is 5.92 Å². The number of amides is 2. The summed E-state index contributed by atoms with van der Waals surface area (Å²) in [5.74, 6) is 1.64. The van der Waals surface area contributed by atoms with E-state index in [2.05, 4.69) is 10.3 Å². The van der Waals surface area contributed by atoms with E-state index in [9.17, 15) is 9.59 Å². The molecule has 1 N–H and O–H groups in total. The minimum Gasteiger partial charge on any atom is -0.461 e. The van der Waals surface area contributed by atoms with Gasteiger partial charge in [-0.2, -0.15) is 0 Å². The number of urea groups is 1. The summed E-state index contributed by atoms with van der Waals surface area (Å²) in [5, 5.41) is 3.90. The minimum absolute atomic E-state index is 0.204. The van der Waals surface area contributed by atoms with Crippen LogP contribution in [0.3, 0.4) is 0 Å². The van der Waals surface area contributed by atoms with Gasteiger partial charge in [0.2, 0.25) is 0 Å². The second-order valence-corrected chi connectivity index (χ2v) is 8.13. The summed E-state index contributed by atoms with van der Waals surface area (Å²) < 4.78 is 5.92. The second kappa shape index (κ2) is 6.72. The summed E-state index contributed by atoms with van der Waals surface area (Å²) >= 11 is 7.78. The predicted octanol–water partition coefficient (Wildman–Crippen LogP) is 5.91. The van der Waals surface area contributed by atoms with Crippen molar-refractivity contribution in [2.45, 2.75) is 6.92 Å². The molecule has 3 aromatic rings. The van der Waals surface area contributed by atoms with Gasteiger partial charge in [-0.05, 0) is 24.3 Å². The van der Waals surface area contributed by atoms with E-state index >= 15 is 0 Å². The number of pyridine rings is 1. The molecule has 29 heavy (non-hydrogen) atoms. The Morgan fingerprint density at radius 2 is 2.17 bits per heavy atom. The first-order chi connectivity index (χ1) is 14.1. The Bertz CT molecular complexity index is 1250. The molecular weight excluding hydrogens is 410 g/mol. The third kappa shape index (κ3) is 2.82. The maximum absolute atomic E-state index is 12.9. The fourth-order valence-electron chi connectivity index (χ4n) is 3.49. The highest BCUT2D eigenvalue weighted by atomic mass is 35.5. The van der Waals surface area contributed by atoms with Crippen molar-refractivity contribution in [1.82, 2.24) is 4.98 Å². The van der Waals surface area contributed by atoms with Crippen molar-refractivity contribution < 1.29 is 14.3 Å². The first-order valence-corrected chi connectivity index (χ1v) is 10.1. The molecule has 2 aromatic heterocycles. The number of rotatable bonds is 4. The Kier molecular flexibility index (Phi) is 4.15. The average Bonchev–Trinajstić information content (AvgIpc) is 3.27. The molecule has 2 amide bonds. The number of anilines is 3. The number of halogens is 1. The summed E-state index contributed by atoms with van der Waals surface area (Å²) in [5.41, 5.74) is 1.64. The maximum Gasteiger partial charge on any atom is 0.331 e. The highest BCUT2D eigenvalue weighted by Crippen LogP contribution is 2.46. The monoisotopic (exact) mass is 423 g/mol. The number of carbonyl (C=O) groups is 2. The predicted molar refractivity (Wildman–Crippen MR) is 115 cm³/mol. The molecule has 1 atom stereocenters. The van der Waals surface area contributed by atoms with Gasteiger partial charge in [0.05, 0.1) is 32.3 Å². The first-order valence-electron chi connectivity index (χ1n) is 8.90. The lowest BCUT2D eigenvalue weighted by Crippen LogP contribution is -2.34. The van der Waals surface area contributed by atoms with Crippen LogP contribution in [0.15, 0.2) is 54.4 Å². The standard InChI is InChI=1S/C21H14ClN3O3S/c1-11-3-2-4-16(11)28-12-5-6-14(13(22)9-12)25-15-7-8-23-20-18(15)19(24-21(25)27)17(10-26)29-20/h2-11H,1H3,(H,24,27). The highest BCUT2D eigenvalue weighted by molar-refractivity contribution is 7.21. The summed E-state index contributed by atoms with van der Waals surface area (Å²) in [6.45, 7) is 2.05. The summed E-state index contributed by atoms with van der Waals surface area (Å²) in [4.78, 5) is 31.2. The van der Waals surface area contributed by atoms with Gasteiger partial charge in [0.15, 0.2) is 6.29 Å². The van der Waals surface area contributed by atoms with Crippen LogP contribution >= 0.6 is 22.9 Å². The molecule has 0 spiro atoms. The highest BCUT2D eigenvalue weighted by Gasteiger charge is 2.31. The van der Waals surface area contributed by atoms with Gasteiger partial charge in [0, 0.05) is 18.2 Å². The number of benzene rings is 1. The molecule has 1 unspecified atom stereocenters. The fraction of sp³-hybridized carbons (Fsp3) is 0.0952. The van der Waals surface area contributed by atoms with Crippen molar-refractivity contribution in [3.8, 4) is 5.75 Å². The van der Waals surface area contributed by atoms with Crippen LogP contribution in [0.2, 0.25) is 5.02 Å². The van der Waals surface area contributed by atoms with Gasteiger partial charge < -0.3 is 10.1 Å². The fourth-order valence-corrected chi connectivity index (χ4v) is 4.68. The number of nitrogens with zero attached hydrogens (tertiary/aromatic N) is 2. The molecule has 8 heteroatoms. The third-order valence-corrected chi connectivity index (χ3v) is 6.21. The normalized spacial score (nSPS) is 17.4. The molecular formula is C21H14ClN3O3S. The van der Waals surface area contributed by atoms with Crippen LogP contribution in [-0.2, 0) is 0 Å². The molecule has 1 aliphatic heterocycles. The van der Waals surface area contributed by atoms with Gasteiger partial charge in [-0.3, -0.25) is 9.69 Å². The van der Waals surface area contributed by atoms with Crippen LogP contribution in [0.25, 0.3) is 10.2 Å². The third-order valence-electron chi connectivity index (χ3n) is 4.89. The Hall–Kier alpha value is -3.16. The molecule has 0 radical (unpaired) electrons. The number of allylic oxidation sites excluding steroid dienone is 3. The van der Waals surface area contributed by atoms with Gasteiger partial charge in [-0.1, -0.05) is 30.7 Å². The zero-order valence-electron chi connectivity index (χ0n) is 15.2. The SMILES string of the molecule is CC1C=CC=C1Oc1ccc(N2C(=O)Nc3c(C=O)sc4nccc2c34)c(Cl)c1. The summed E-state index contributed by atoms with van der Waals surface area (Å²) in [6, 6.07) is 6.56. The van der Waals surface area contributed by atoms with Gasteiger partial charge in [0.25, 0.3) is 0 Å². The van der Waals surface area contributed by atoms with E-state index in [1.165, 1.54) is 16.2 Å². The number of thiophene rings is 1. The molecule has 2 aliphatic rings. The van der Waals surface area contributed by atoms with Crippen LogP contribution in [-0.4, -0.2) is 17.3 Å². The summed E-state index contributed by atoms with van der Waals surface area (Å²) in [7, 11) is 0. The Morgan fingerprint density at radius 1 is 1.31 bits per heavy atom. The molecule has 1 aliphatic carbocycles. The maximum atomic E-state index is 12.9. The second-order valence-electron chi connectivity index (χ2n) is 6.69. The van der Waals surface area contributed by atoms with Crippen molar-refractivity contribution in [3.63, 3.8) is 0 Å². The largest absolute Gasteiger partial charge is 0.461 e. The molecule has 0 fully saturated rings. The molecule has 0 saturated heterocycles. The lowest BCUT2D eigenvalue weighted by atomic mass is 10.1. The Labute approximate surface area is 175 Å². The van der Waals surface area contributed by atoms with Crippen molar-refractivity contribution >= 4 is 62.5 Å². The Morgan fingerprint density at radius 3 is 2.90 bits per heavy atom. The van der Waals surface area contributed by atoms with E-state index < -0.39 is 6.03 Å². The molecule has 6 nitrogen and oxygen atoms in total. The average molecular weight is 424 g/mol. The first kappa shape index (κ1) is 17.9. The lowest BCUT2D eigenvalue weighted by molar-refractivity contribution is 0.112. The van der Waals surface area contributed by atoms with Gasteiger partial charge in [-0.25, -0.2) is 9.78 Å². The van der Waals surface area contributed by atoms with E-state index in [-0.39, 0.29) is 5.92 Å². The molecule has 5 rings (SSSR count). The van der Waals surface area contributed by atoms with Gasteiger partial charge >= 0.3 is 6.03 Å². The summed E-state index contributed by atoms with van der Waals surface area (Å²) in [6.07, 6.45) is 8.26. The number of nitrogens with one attached hydrogen (secondary N) is 1. The van der Waals surface area contributed by atoms with E-state index in [0.29, 0.717) is 37.5 Å². The molecule has 0 saturated carbocycles. The topological polar surface area (TPSA) is 71.5 Å². The lowest BCUT2D eigenvalue weighted by Gasteiger charge is -2.29. The number of ether oxygens (including phenoxy) is 1. The van der Waals surface area contributed by atoms with Crippen LogP contribution in [0.5, 0.6) is 5.75 Å². The Balaban J connectivity index is 1.57. The number of hydrogen-bond acceptors (Lipinski definition) is 5.